The molecule has 1 aromatic carbocycles. The van der Waals surface area contributed by atoms with E-state index in [4.69, 9.17) is 0 Å². The third-order valence-corrected chi connectivity index (χ3v) is 6.77. The number of hydrogen-bond donors (Lipinski definition) is 1. The first kappa shape index (κ1) is 22.1. The summed E-state index contributed by atoms with van der Waals surface area (Å²) >= 11 is 0. The van der Waals surface area contributed by atoms with Crippen molar-refractivity contribution in [2.24, 2.45) is 0 Å². The van der Waals surface area contributed by atoms with Crippen molar-refractivity contribution in [3.05, 3.63) is 57.9 Å². The Morgan fingerprint density at radius 1 is 1.06 bits per heavy atom. The van der Waals surface area contributed by atoms with Gasteiger partial charge in [0.05, 0.1) is 5.69 Å². The van der Waals surface area contributed by atoms with Gasteiger partial charge in [-0.25, -0.2) is 4.79 Å². The van der Waals surface area contributed by atoms with Crippen LogP contribution in [0.1, 0.15) is 67.1 Å². The first-order chi connectivity index (χ1) is 15.3. The van der Waals surface area contributed by atoms with E-state index in [1.807, 2.05) is 19.9 Å². The predicted octanol–water partition coefficient (Wildman–Crippen LogP) is 4.76. The molecule has 0 radical (unpaired) electrons. The van der Waals surface area contributed by atoms with Crippen molar-refractivity contribution in [3.8, 4) is 5.69 Å². The second-order valence-corrected chi connectivity index (χ2v) is 8.88. The minimum absolute atomic E-state index is 0.0240. The number of imide groups is 2. The van der Waals surface area contributed by atoms with E-state index in [-0.39, 0.29) is 11.6 Å². The molecule has 168 valence electrons. The first-order valence-corrected chi connectivity index (χ1v) is 11.5. The second-order valence-electron chi connectivity index (χ2n) is 8.88. The van der Waals surface area contributed by atoms with Crippen molar-refractivity contribution in [2.75, 3.05) is 0 Å². The highest BCUT2D eigenvalue weighted by molar-refractivity contribution is 6.31. The molecular weight excluding hydrogens is 402 g/mol. The van der Waals surface area contributed by atoms with Gasteiger partial charge in [-0.15, -0.1) is 0 Å². The molecule has 0 unspecified atom stereocenters. The van der Waals surface area contributed by atoms with E-state index in [1.54, 1.807) is 6.08 Å². The van der Waals surface area contributed by atoms with Crippen molar-refractivity contribution < 1.29 is 14.4 Å². The van der Waals surface area contributed by atoms with E-state index in [0.717, 1.165) is 61.2 Å². The number of carbonyl (C=O) groups is 3. The number of aryl methyl sites for hydroxylation is 3. The number of nitrogens with one attached hydrogen (secondary N) is 1. The molecule has 4 amide bonds. The minimum Gasteiger partial charge on any atom is -0.317 e. The summed E-state index contributed by atoms with van der Waals surface area (Å²) < 4.78 is 2.19. The molecule has 0 spiro atoms. The molecule has 2 aliphatic rings. The summed E-state index contributed by atoms with van der Waals surface area (Å²) in [6.45, 7) is 8.26. The number of hydrogen-bond acceptors (Lipinski definition) is 3. The zero-order valence-electron chi connectivity index (χ0n) is 19.3. The topological polar surface area (TPSA) is 71.4 Å². The quantitative estimate of drug-likeness (QED) is 0.558. The number of urea groups is 1. The Bertz CT molecular complexity index is 1120. The van der Waals surface area contributed by atoms with Crippen LogP contribution in [0.5, 0.6) is 0 Å². The van der Waals surface area contributed by atoms with Crippen molar-refractivity contribution in [1.29, 1.82) is 0 Å². The number of nitrogens with zero attached hydrogens (tertiary/aromatic N) is 2. The minimum atomic E-state index is -0.623. The van der Waals surface area contributed by atoms with Crippen LogP contribution >= 0.6 is 0 Å². The molecule has 2 fully saturated rings. The van der Waals surface area contributed by atoms with E-state index in [9.17, 15) is 14.4 Å². The number of benzene rings is 1. The lowest BCUT2D eigenvalue weighted by atomic mass is 9.93. The summed E-state index contributed by atoms with van der Waals surface area (Å²) in [5.74, 6) is -1.11. The third-order valence-electron chi connectivity index (χ3n) is 6.77. The van der Waals surface area contributed by atoms with Gasteiger partial charge in [-0.3, -0.25) is 19.8 Å². The lowest BCUT2D eigenvalue weighted by molar-refractivity contribution is -0.132. The smallest absolute Gasteiger partial charge is 0.317 e. The monoisotopic (exact) mass is 433 g/mol. The number of para-hydroxylation sites is 1. The standard InChI is InChI=1S/C26H31N3O3/c1-5-19-11-9-10-16(2)23(19)28-17(3)14-20(18(28)4)15-22-24(30)27-26(32)29(25(22)31)21-12-7-6-8-13-21/h9-11,14-15,21H,5-8,12-13H2,1-4H3,(H,27,30,32). The normalized spacial score (nSPS) is 19.1. The lowest BCUT2D eigenvalue weighted by Gasteiger charge is -2.35. The van der Waals surface area contributed by atoms with Crippen molar-refractivity contribution in [1.82, 2.24) is 14.8 Å². The van der Waals surface area contributed by atoms with Gasteiger partial charge in [0.2, 0.25) is 0 Å². The molecule has 1 saturated carbocycles. The number of carbonyl (C=O) groups excluding carboxylic acids is 3. The molecule has 0 atom stereocenters. The highest BCUT2D eigenvalue weighted by atomic mass is 16.2. The fraction of sp³-hybridized carbons (Fsp3) is 0.423. The van der Waals surface area contributed by atoms with Crippen LogP contribution in [0.3, 0.4) is 0 Å². The van der Waals surface area contributed by atoms with E-state index in [0.29, 0.717) is 0 Å². The summed E-state index contributed by atoms with van der Waals surface area (Å²) in [5.41, 5.74) is 6.38. The Labute approximate surface area is 189 Å². The van der Waals surface area contributed by atoms with Gasteiger partial charge < -0.3 is 4.57 Å². The zero-order chi connectivity index (χ0) is 23.0. The van der Waals surface area contributed by atoms with Gasteiger partial charge >= 0.3 is 6.03 Å². The molecule has 6 nitrogen and oxygen atoms in total. The van der Waals surface area contributed by atoms with E-state index < -0.39 is 17.8 Å². The Hall–Kier alpha value is -3.15. The van der Waals surface area contributed by atoms with Gasteiger partial charge in [0.1, 0.15) is 5.57 Å². The largest absolute Gasteiger partial charge is 0.331 e. The summed E-state index contributed by atoms with van der Waals surface area (Å²) in [6, 6.07) is 7.55. The Kier molecular flexibility index (Phi) is 6.04. The van der Waals surface area contributed by atoms with Crippen LogP contribution in [0.2, 0.25) is 0 Å². The molecule has 0 bridgehead atoms. The molecule has 2 aromatic rings. The highest BCUT2D eigenvalue weighted by Crippen LogP contribution is 2.30. The number of amides is 4. The van der Waals surface area contributed by atoms with Crippen molar-refractivity contribution >= 4 is 23.9 Å². The first-order valence-electron chi connectivity index (χ1n) is 11.5. The van der Waals surface area contributed by atoms with Gasteiger partial charge in [0.25, 0.3) is 11.8 Å². The Balaban J connectivity index is 1.76. The molecule has 4 rings (SSSR count). The fourth-order valence-corrected chi connectivity index (χ4v) is 5.10. The lowest BCUT2D eigenvalue weighted by Crippen LogP contribution is -2.58. The van der Waals surface area contributed by atoms with Gasteiger partial charge in [0.15, 0.2) is 0 Å². The Morgan fingerprint density at radius 2 is 1.78 bits per heavy atom. The predicted molar refractivity (Wildman–Crippen MR) is 125 cm³/mol. The van der Waals surface area contributed by atoms with E-state index in [2.05, 4.69) is 41.9 Å². The summed E-state index contributed by atoms with van der Waals surface area (Å²) in [4.78, 5) is 39.6. The maximum atomic E-state index is 13.2. The van der Waals surface area contributed by atoms with Crippen molar-refractivity contribution in [2.45, 2.75) is 72.3 Å². The number of aromatic nitrogens is 1. The summed E-state index contributed by atoms with van der Waals surface area (Å²) in [6.07, 6.45) is 7.24. The van der Waals surface area contributed by atoms with E-state index >= 15 is 0 Å². The molecule has 1 aliphatic carbocycles. The van der Waals surface area contributed by atoms with Crippen LogP contribution in [-0.2, 0) is 16.0 Å². The molecule has 32 heavy (non-hydrogen) atoms. The third kappa shape index (κ3) is 3.78. The van der Waals surface area contributed by atoms with E-state index in [1.165, 1.54) is 16.0 Å². The highest BCUT2D eigenvalue weighted by Gasteiger charge is 2.40. The molecule has 1 aromatic heterocycles. The number of barbiturate groups is 1. The van der Waals surface area contributed by atoms with Gasteiger partial charge in [0, 0.05) is 17.4 Å². The molecule has 6 heteroatoms. The Morgan fingerprint density at radius 3 is 2.47 bits per heavy atom. The van der Waals surface area contributed by atoms with Crippen LogP contribution in [-0.4, -0.2) is 33.4 Å². The van der Waals surface area contributed by atoms with Gasteiger partial charge in [-0.05, 0) is 68.9 Å². The van der Waals surface area contributed by atoms with Crippen LogP contribution in [0, 0.1) is 20.8 Å². The summed E-state index contributed by atoms with van der Waals surface area (Å²) in [7, 11) is 0. The second kappa shape index (κ2) is 8.77. The molecule has 1 saturated heterocycles. The SMILES string of the molecule is CCc1cccc(C)c1-n1c(C)cc(C=C2C(=O)NC(=O)N(C3CCCCC3)C2=O)c1C. The molecule has 1 N–H and O–H groups in total. The maximum Gasteiger partial charge on any atom is 0.331 e. The van der Waals surface area contributed by atoms with Gasteiger partial charge in [-0.1, -0.05) is 44.4 Å². The van der Waals surface area contributed by atoms with Crippen LogP contribution < -0.4 is 5.32 Å². The van der Waals surface area contributed by atoms with Crippen molar-refractivity contribution in [3.63, 3.8) is 0 Å². The average Bonchev–Trinajstić information content (AvgIpc) is 3.04. The molecule has 1 aliphatic heterocycles. The number of rotatable bonds is 4. The van der Waals surface area contributed by atoms with Crippen LogP contribution in [0.15, 0.2) is 29.8 Å². The van der Waals surface area contributed by atoms with Gasteiger partial charge in [-0.2, -0.15) is 0 Å². The molecule has 2 heterocycles. The zero-order valence-corrected chi connectivity index (χ0v) is 19.3. The summed E-state index contributed by atoms with van der Waals surface area (Å²) in [5, 5.41) is 2.38. The average molecular weight is 434 g/mol. The van der Waals surface area contributed by atoms with Crippen LogP contribution in [0.4, 0.5) is 4.79 Å². The van der Waals surface area contributed by atoms with Crippen LogP contribution in [0.25, 0.3) is 11.8 Å². The fourth-order valence-electron chi connectivity index (χ4n) is 5.10. The maximum absolute atomic E-state index is 13.2. The molecular formula is C26H31N3O3.